The summed E-state index contributed by atoms with van der Waals surface area (Å²) < 4.78 is 0. The Morgan fingerprint density at radius 3 is 2.48 bits per heavy atom. The first-order chi connectivity index (χ1) is 14.6. The molecule has 0 aromatic heterocycles. The van der Waals surface area contributed by atoms with Gasteiger partial charge in [-0.2, -0.15) is 0 Å². The van der Waals surface area contributed by atoms with Crippen molar-refractivity contribution in [1.29, 1.82) is 0 Å². The summed E-state index contributed by atoms with van der Waals surface area (Å²) in [4.78, 5) is 13.5. The topological polar surface area (TPSA) is 37.3 Å². The van der Waals surface area contributed by atoms with Crippen molar-refractivity contribution >= 4 is 5.78 Å². The molecular weight excluding hydrogens is 380 g/mol. The molecule has 31 heavy (non-hydrogen) atoms. The zero-order valence-corrected chi connectivity index (χ0v) is 20.9. The number of allylic oxidation sites excluding steroid dienone is 3. The molecule has 0 bridgehead atoms. The third-order valence-electron chi connectivity index (χ3n) is 10.6. The van der Waals surface area contributed by atoms with Crippen LogP contribution >= 0.6 is 0 Å². The van der Waals surface area contributed by atoms with Gasteiger partial charge in [0.1, 0.15) is 0 Å². The summed E-state index contributed by atoms with van der Waals surface area (Å²) in [6.07, 6.45) is 15.6. The molecule has 1 N–H and O–H groups in total. The van der Waals surface area contributed by atoms with Crippen molar-refractivity contribution < 1.29 is 9.90 Å². The molecule has 174 valence electrons. The van der Waals surface area contributed by atoms with E-state index in [0.717, 1.165) is 12.8 Å². The Morgan fingerprint density at radius 1 is 1.06 bits per heavy atom. The average molecular weight is 427 g/mol. The molecule has 4 rings (SSSR count). The highest BCUT2D eigenvalue weighted by Crippen LogP contribution is 2.66. The normalized spacial score (nSPS) is 44.6. The van der Waals surface area contributed by atoms with Gasteiger partial charge >= 0.3 is 0 Å². The van der Waals surface area contributed by atoms with Crippen LogP contribution in [0.3, 0.4) is 0 Å². The third-order valence-corrected chi connectivity index (χ3v) is 10.6. The molecule has 0 aliphatic heterocycles. The highest BCUT2D eigenvalue weighted by atomic mass is 16.3. The molecule has 0 unspecified atom stereocenters. The Kier molecular flexibility index (Phi) is 6.36. The van der Waals surface area contributed by atoms with Crippen LogP contribution in [0.15, 0.2) is 23.8 Å². The van der Waals surface area contributed by atoms with Crippen LogP contribution in [0.1, 0.15) is 92.9 Å². The molecule has 3 fully saturated rings. The van der Waals surface area contributed by atoms with Crippen molar-refractivity contribution in [2.24, 2.45) is 52.3 Å². The molecule has 0 aromatic rings. The number of hydrogen-bond donors (Lipinski definition) is 1. The summed E-state index contributed by atoms with van der Waals surface area (Å²) in [7, 11) is 0. The summed E-state index contributed by atoms with van der Waals surface area (Å²) in [6, 6.07) is 0. The van der Waals surface area contributed by atoms with Crippen LogP contribution in [-0.2, 0) is 4.79 Å². The van der Waals surface area contributed by atoms with E-state index in [9.17, 15) is 9.90 Å². The smallest absolute Gasteiger partial charge is 0.159 e. The molecule has 0 amide bonds. The number of carbonyl (C=O) groups is 1. The van der Waals surface area contributed by atoms with Crippen LogP contribution in [-0.4, -0.2) is 17.0 Å². The molecule has 0 heterocycles. The maximum Gasteiger partial charge on any atom is 0.159 e. The highest BCUT2D eigenvalue weighted by Gasteiger charge is 2.61. The fourth-order valence-electron chi connectivity index (χ4n) is 8.57. The summed E-state index contributed by atoms with van der Waals surface area (Å²) in [6.45, 7) is 14.3. The molecule has 0 saturated heterocycles. The lowest BCUT2D eigenvalue weighted by Gasteiger charge is -2.57. The van der Waals surface area contributed by atoms with E-state index in [1.165, 1.54) is 37.7 Å². The monoisotopic (exact) mass is 426 g/mol. The molecule has 0 aromatic carbocycles. The average Bonchev–Trinajstić information content (AvgIpc) is 3.06. The minimum atomic E-state index is -0.251. The van der Waals surface area contributed by atoms with E-state index in [1.54, 1.807) is 0 Å². The van der Waals surface area contributed by atoms with Gasteiger partial charge in [-0.05, 0) is 104 Å². The predicted octanol–water partition coefficient (Wildman–Crippen LogP) is 6.98. The Balaban J connectivity index is 1.57. The maximum atomic E-state index is 13.5. The van der Waals surface area contributed by atoms with E-state index in [4.69, 9.17) is 0 Å². The second-order valence-electron chi connectivity index (χ2n) is 12.4. The molecule has 0 radical (unpaired) electrons. The Labute approximate surface area is 191 Å². The first kappa shape index (κ1) is 23.3. The Bertz CT molecular complexity index is 748. The summed E-state index contributed by atoms with van der Waals surface area (Å²) in [5.41, 5.74) is 1.68. The van der Waals surface area contributed by atoms with Crippen LogP contribution < -0.4 is 0 Å². The van der Waals surface area contributed by atoms with E-state index in [1.807, 2.05) is 6.08 Å². The summed E-state index contributed by atoms with van der Waals surface area (Å²) >= 11 is 0. The van der Waals surface area contributed by atoms with Crippen LogP contribution in [0.5, 0.6) is 0 Å². The quantitative estimate of drug-likeness (QED) is 0.481. The standard InChI is InChI=1S/C29H46O2/c1-7-20(18(2)3)9-8-19(4)23-10-11-24-27-25(13-15-29(23,24)6)28(5)14-12-22(30)16-21(28)17-26(27)31/h8-9,17-20,22-25,27,30H,7,10-16H2,1-6H3/t19-,20-,22+,23-,24+,25+,27+,28+,29-/m1/s1. The molecule has 4 aliphatic carbocycles. The van der Waals surface area contributed by atoms with Crippen LogP contribution in [0.25, 0.3) is 0 Å². The van der Waals surface area contributed by atoms with E-state index in [0.29, 0.717) is 47.7 Å². The number of aliphatic hydroxyl groups excluding tert-OH is 1. The van der Waals surface area contributed by atoms with Crippen LogP contribution in [0.4, 0.5) is 0 Å². The van der Waals surface area contributed by atoms with Crippen molar-refractivity contribution in [3.05, 3.63) is 23.8 Å². The minimum Gasteiger partial charge on any atom is -0.393 e. The Morgan fingerprint density at radius 2 is 1.81 bits per heavy atom. The first-order valence-corrected chi connectivity index (χ1v) is 13.2. The van der Waals surface area contributed by atoms with E-state index >= 15 is 0 Å². The van der Waals surface area contributed by atoms with E-state index in [2.05, 4.69) is 53.7 Å². The molecule has 4 aliphatic rings. The number of ketones is 1. The molecule has 9 atom stereocenters. The van der Waals surface area contributed by atoms with Gasteiger partial charge in [0.2, 0.25) is 0 Å². The molecule has 0 spiro atoms. The zero-order chi connectivity index (χ0) is 22.6. The second-order valence-corrected chi connectivity index (χ2v) is 12.4. The van der Waals surface area contributed by atoms with E-state index in [-0.39, 0.29) is 22.9 Å². The first-order valence-electron chi connectivity index (χ1n) is 13.2. The number of hydrogen-bond acceptors (Lipinski definition) is 2. The SMILES string of the molecule is CC[C@H](C=C[C@@H](C)[C@H]1CC[C@H]2[C@@H]3C(=O)C=C4C[C@@H](O)CC[C@]4(C)[C@H]3CC[C@]12C)C(C)C. The number of fused-ring (bicyclic) bond motifs is 5. The van der Waals surface area contributed by atoms with E-state index < -0.39 is 0 Å². The van der Waals surface area contributed by atoms with Crippen molar-refractivity contribution in [2.75, 3.05) is 0 Å². The zero-order valence-electron chi connectivity index (χ0n) is 20.9. The largest absolute Gasteiger partial charge is 0.393 e. The maximum absolute atomic E-state index is 13.5. The van der Waals surface area contributed by atoms with Gasteiger partial charge in [-0.25, -0.2) is 0 Å². The highest BCUT2D eigenvalue weighted by molar-refractivity contribution is 5.94. The number of aliphatic hydroxyl groups is 1. The van der Waals surface area contributed by atoms with Crippen molar-refractivity contribution in [2.45, 2.75) is 99.0 Å². The van der Waals surface area contributed by atoms with Gasteiger partial charge in [-0.3, -0.25) is 4.79 Å². The van der Waals surface area contributed by atoms with Gasteiger partial charge in [-0.15, -0.1) is 0 Å². The van der Waals surface area contributed by atoms with Gasteiger partial charge in [0.05, 0.1) is 6.10 Å². The van der Waals surface area contributed by atoms with Gasteiger partial charge in [0.25, 0.3) is 0 Å². The van der Waals surface area contributed by atoms with Crippen LogP contribution in [0.2, 0.25) is 0 Å². The second kappa shape index (κ2) is 8.47. The fourth-order valence-corrected chi connectivity index (χ4v) is 8.57. The predicted molar refractivity (Wildman–Crippen MR) is 129 cm³/mol. The molecular formula is C29H46O2. The van der Waals surface area contributed by atoms with Gasteiger partial charge in [0, 0.05) is 5.92 Å². The van der Waals surface area contributed by atoms with Gasteiger partial charge in [0.15, 0.2) is 5.78 Å². The van der Waals surface area contributed by atoms with Gasteiger partial charge in [-0.1, -0.05) is 59.3 Å². The van der Waals surface area contributed by atoms with Crippen molar-refractivity contribution in [1.82, 2.24) is 0 Å². The number of carbonyl (C=O) groups excluding carboxylic acids is 1. The lowest BCUT2D eigenvalue weighted by atomic mass is 9.46. The van der Waals surface area contributed by atoms with Crippen molar-refractivity contribution in [3.63, 3.8) is 0 Å². The number of rotatable bonds is 5. The fraction of sp³-hybridized carbons (Fsp3) is 0.828. The molecule has 3 saturated carbocycles. The molecule has 2 heteroatoms. The minimum absolute atomic E-state index is 0.133. The Hall–Kier alpha value is -0.890. The summed E-state index contributed by atoms with van der Waals surface area (Å²) in [5, 5.41) is 10.2. The lowest BCUT2D eigenvalue weighted by Crippen LogP contribution is -2.53. The molecule has 2 nitrogen and oxygen atoms in total. The summed E-state index contributed by atoms with van der Waals surface area (Å²) in [5.74, 6) is 4.27. The van der Waals surface area contributed by atoms with Crippen LogP contribution in [0, 0.1) is 52.3 Å². The third kappa shape index (κ3) is 3.79. The van der Waals surface area contributed by atoms with Gasteiger partial charge < -0.3 is 5.11 Å². The lowest BCUT2D eigenvalue weighted by molar-refractivity contribution is -0.134. The van der Waals surface area contributed by atoms with Crippen molar-refractivity contribution in [3.8, 4) is 0 Å².